The highest BCUT2D eigenvalue weighted by atomic mass is 35.5. The predicted molar refractivity (Wildman–Crippen MR) is 93.7 cm³/mol. The normalized spacial score (nSPS) is 12.0. The minimum atomic E-state index is -4.53. The van der Waals surface area contributed by atoms with Crippen molar-refractivity contribution in [3.63, 3.8) is 0 Å². The molecule has 4 nitrogen and oxygen atoms in total. The van der Waals surface area contributed by atoms with Crippen molar-refractivity contribution in [2.75, 3.05) is 0 Å². The van der Waals surface area contributed by atoms with Crippen molar-refractivity contribution in [1.29, 1.82) is 0 Å². The van der Waals surface area contributed by atoms with Gasteiger partial charge in [-0.1, -0.05) is 23.2 Å². The lowest BCUT2D eigenvalue weighted by molar-refractivity contribution is -0.137. The molecule has 132 valence electrons. The van der Waals surface area contributed by atoms with Gasteiger partial charge in [-0.2, -0.15) is 18.3 Å². The molecule has 0 bridgehead atoms. The zero-order valence-electron chi connectivity index (χ0n) is 12.9. The second kappa shape index (κ2) is 6.03. The molecule has 4 aromatic rings. The van der Waals surface area contributed by atoms with Crippen LogP contribution in [0.15, 0.2) is 49.1 Å². The fraction of sp³-hybridized carbons (Fsp3) is 0.0588. The van der Waals surface area contributed by atoms with E-state index < -0.39 is 11.7 Å². The molecule has 0 radical (unpaired) electrons. The maximum absolute atomic E-state index is 12.9. The van der Waals surface area contributed by atoms with Crippen LogP contribution >= 0.6 is 23.2 Å². The Morgan fingerprint density at radius 1 is 1.08 bits per heavy atom. The summed E-state index contributed by atoms with van der Waals surface area (Å²) in [6, 6.07) is 5.38. The van der Waals surface area contributed by atoms with Gasteiger partial charge in [0, 0.05) is 29.5 Å². The summed E-state index contributed by atoms with van der Waals surface area (Å²) in [4.78, 5) is 7.24. The molecule has 3 heterocycles. The monoisotopic (exact) mass is 396 g/mol. The quantitative estimate of drug-likeness (QED) is 0.469. The molecule has 0 atom stereocenters. The lowest BCUT2D eigenvalue weighted by Crippen LogP contribution is -2.06. The Balaban J connectivity index is 1.81. The summed E-state index contributed by atoms with van der Waals surface area (Å²) in [5.74, 6) is 0. The average molecular weight is 397 g/mol. The van der Waals surface area contributed by atoms with E-state index in [2.05, 4.69) is 15.1 Å². The summed E-state index contributed by atoms with van der Waals surface area (Å²) in [7, 11) is 0. The van der Waals surface area contributed by atoms with E-state index in [1.165, 1.54) is 4.68 Å². The van der Waals surface area contributed by atoms with Crippen molar-refractivity contribution in [3.8, 4) is 16.8 Å². The van der Waals surface area contributed by atoms with Gasteiger partial charge in [0.15, 0.2) is 0 Å². The van der Waals surface area contributed by atoms with E-state index >= 15 is 0 Å². The number of aromatic amines is 1. The Morgan fingerprint density at radius 3 is 2.50 bits per heavy atom. The van der Waals surface area contributed by atoms with E-state index in [9.17, 15) is 13.2 Å². The average Bonchev–Trinajstić information content (AvgIpc) is 3.22. The number of H-pyrrole nitrogens is 1. The number of nitrogens with one attached hydrogen (secondary N) is 1. The highest BCUT2D eigenvalue weighted by molar-refractivity contribution is 6.37. The SMILES string of the molecule is FC(F)(F)c1cc(Cl)c(-n2cc(-c3ccnc4[nH]ccc34)cn2)c(Cl)c1. The summed E-state index contributed by atoms with van der Waals surface area (Å²) in [6.45, 7) is 0. The highest BCUT2D eigenvalue weighted by Crippen LogP contribution is 2.38. The van der Waals surface area contributed by atoms with Gasteiger partial charge in [-0.25, -0.2) is 9.67 Å². The fourth-order valence-corrected chi connectivity index (χ4v) is 3.41. The topological polar surface area (TPSA) is 46.5 Å². The zero-order chi connectivity index (χ0) is 18.5. The zero-order valence-corrected chi connectivity index (χ0v) is 14.4. The van der Waals surface area contributed by atoms with Crippen LogP contribution in [0.1, 0.15) is 5.56 Å². The van der Waals surface area contributed by atoms with E-state index in [4.69, 9.17) is 23.2 Å². The van der Waals surface area contributed by atoms with E-state index in [1.54, 1.807) is 24.8 Å². The van der Waals surface area contributed by atoms with Gasteiger partial charge in [-0.3, -0.25) is 0 Å². The summed E-state index contributed by atoms with van der Waals surface area (Å²) in [5, 5.41) is 4.83. The highest BCUT2D eigenvalue weighted by Gasteiger charge is 2.32. The van der Waals surface area contributed by atoms with Crippen LogP contribution in [0, 0.1) is 0 Å². The number of hydrogen-bond donors (Lipinski definition) is 1. The van der Waals surface area contributed by atoms with Crippen LogP contribution in [0.25, 0.3) is 27.8 Å². The number of pyridine rings is 1. The molecule has 0 spiro atoms. The molecule has 4 rings (SSSR count). The number of hydrogen-bond acceptors (Lipinski definition) is 2. The predicted octanol–water partition coefficient (Wildman–Crippen LogP) is 5.74. The van der Waals surface area contributed by atoms with Crippen molar-refractivity contribution in [3.05, 3.63) is 64.7 Å². The molecule has 0 saturated carbocycles. The first-order chi connectivity index (χ1) is 12.3. The summed E-state index contributed by atoms with van der Waals surface area (Å²) in [5.41, 5.74) is 1.63. The molecular formula is C17H9Cl2F3N4. The summed E-state index contributed by atoms with van der Waals surface area (Å²) in [6.07, 6.45) is 2.14. The maximum atomic E-state index is 12.9. The van der Waals surface area contributed by atoms with Crippen LogP contribution in [0.5, 0.6) is 0 Å². The van der Waals surface area contributed by atoms with Crippen LogP contribution < -0.4 is 0 Å². The Hall–Kier alpha value is -2.51. The number of benzene rings is 1. The Morgan fingerprint density at radius 2 is 1.81 bits per heavy atom. The smallest absolute Gasteiger partial charge is 0.346 e. The van der Waals surface area contributed by atoms with Crippen LogP contribution in [-0.2, 0) is 6.18 Å². The first-order valence-electron chi connectivity index (χ1n) is 7.38. The minimum absolute atomic E-state index is 0.138. The van der Waals surface area contributed by atoms with Gasteiger partial charge in [-0.15, -0.1) is 0 Å². The van der Waals surface area contributed by atoms with Gasteiger partial charge in [0.2, 0.25) is 0 Å². The first kappa shape index (κ1) is 16.9. The molecular weight excluding hydrogens is 388 g/mol. The number of fused-ring (bicyclic) bond motifs is 1. The van der Waals surface area contributed by atoms with Crippen molar-refractivity contribution in [2.24, 2.45) is 0 Å². The fourth-order valence-electron chi connectivity index (χ4n) is 2.74. The third kappa shape index (κ3) is 2.83. The van der Waals surface area contributed by atoms with Gasteiger partial charge in [0.05, 0.1) is 21.8 Å². The summed E-state index contributed by atoms with van der Waals surface area (Å²) < 4.78 is 40.0. The molecule has 0 saturated heterocycles. The molecule has 26 heavy (non-hydrogen) atoms. The van der Waals surface area contributed by atoms with Gasteiger partial charge in [0.1, 0.15) is 11.3 Å². The molecule has 3 aromatic heterocycles. The van der Waals surface area contributed by atoms with E-state index in [1.807, 2.05) is 12.1 Å². The Bertz CT molecular complexity index is 1090. The summed E-state index contributed by atoms with van der Waals surface area (Å²) >= 11 is 12.1. The second-order valence-electron chi connectivity index (χ2n) is 5.56. The van der Waals surface area contributed by atoms with Gasteiger partial charge >= 0.3 is 6.18 Å². The maximum Gasteiger partial charge on any atom is 0.416 e. The minimum Gasteiger partial charge on any atom is -0.346 e. The number of aromatic nitrogens is 4. The van der Waals surface area contributed by atoms with Crippen LogP contribution in [0.4, 0.5) is 13.2 Å². The molecule has 0 unspecified atom stereocenters. The molecule has 1 N–H and O–H groups in total. The van der Waals surface area contributed by atoms with Crippen LogP contribution in [0.2, 0.25) is 10.0 Å². The van der Waals surface area contributed by atoms with Crippen molar-refractivity contribution in [2.45, 2.75) is 6.18 Å². The lowest BCUT2D eigenvalue weighted by Gasteiger charge is -2.12. The molecule has 9 heteroatoms. The Labute approximate surface area is 155 Å². The third-order valence-corrected chi connectivity index (χ3v) is 4.50. The number of halogens is 5. The van der Waals surface area contributed by atoms with Gasteiger partial charge in [0.25, 0.3) is 0 Å². The molecule has 0 fully saturated rings. The van der Waals surface area contributed by atoms with Crippen molar-refractivity contribution >= 4 is 34.2 Å². The molecule has 0 aliphatic carbocycles. The number of rotatable bonds is 2. The van der Waals surface area contributed by atoms with Gasteiger partial charge < -0.3 is 4.98 Å². The molecule has 0 aliphatic heterocycles. The largest absolute Gasteiger partial charge is 0.416 e. The second-order valence-corrected chi connectivity index (χ2v) is 6.37. The number of nitrogens with zero attached hydrogens (tertiary/aromatic N) is 3. The van der Waals surface area contributed by atoms with Crippen molar-refractivity contribution in [1.82, 2.24) is 19.7 Å². The standard InChI is InChI=1S/C17H9Cl2F3N4/c18-13-5-10(17(20,21)22)6-14(19)15(13)26-8-9(7-25-26)11-1-3-23-16-12(11)2-4-24-16/h1-8H,(H,23,24). The molecule has 1 aromatic carbocycles. The van der Waals surface area contributed by atoms with E-state index in [-0.39, 0.29) is 15.7 Å². The molecule has 0 amide bonds. The third-order valence-electron chi connectivity index (χ3n) is 3.93. The van der Waals surface area contributed by atoms with Crippen molar-refractivity contribution < 1.29 is 13.2 Å². The van der Waals surface area contributed by atoms with E-state index in [0.717, 1.165) is 34.3 Å². The van der Waals surface area contributed by atoms with E-state index in [0.29, 0.717) is 0 Å². The van der Waals surface area contributed by atoms with Crippen LogP contribution in [0.3, 0.4) is 0 Å². The lowest BCUT2D eigenvalue weighted by atomic mass is 10.1. The Kier molecular flexibility index (Phi) is 3.93. The van der Waals surface area contributed by atoms with Gasteiger partial charge in [-0.05, 0) is 29.8 Å². The molecule has 0 aliphatic rings. The number of alkyl halides is 3. The first-order valence-corrected chi connectivity index (χ1v) is 8.14. The van der Waals surface area contributed by atoms with Crippen LogP contribution in [-0.4, -0.2) is 19.7 Å².